The number of aryl methyl sites for hydroxylation is 1. The summed E-state index contributed by atoms with van der Waals surface area (Å²) in [5.74, 6) is -0.349. The maximum absolute atomic E-state index is 12.5. The van der Waals surface area contributed by atoms with E-state index in [1.807, 2.05) is 27.7 Å². The van der Waals surface area contributed by atoms with Crippen LogP contribution in [0.1, 0.15) is 47.3 Å². The molecule has 0 fully saturated rings. The highest BCUT2D eigenvalue weighted by molar-refractivity contribution is 6.31. The molecule has 0 unspecified atom stereocenters. The maximum Gasteiger partial charge on any atom is 0.274 e. The predicted octanol–water partition coefficient (Wildman–Crippen LogP) is 3.83. The minimum atomic E-state index is -0.449. The standard InChI is InChI=1S/C19H22ClN3O3/c1-11-9-15(16(26-5)10-12(11)20)22-17(24)13-7-6-8-14(21-13)18(25)23-19(2,3)4/h6-10H,1-5H3,(H,22,24)(H,23,25). The van der Waals surface area contributed by atoms with Gasteiger partial charge >= 0.3 is 0 Å². The number of ether oxygens (including phenoxy) is 1. The number of hydrogen-bond donors (Lipinski definition) is 2. The molecule has 0 atom stereocenters. The molecule has 1 heterocycles. The number of hydrogen-bond acceptors (Lipinski definition) is 4. The number of carbonyl (C=O) groups is 2. The zero-order valence-corrected chi connectivity index (χ0v) is 16.2. The van der Waals surface area contributed by atoms with E-state index >= 15 is 0 Å². The Morgan fingerprint density at radius 1 is 1.12 bits per heavy atom. The van der Waals surface area contributed by atoms with Crippen molar-refractivity contribution in [2.24, 2.45) is 0 Å². The van der Waals surface area contributed by atoms with Gasteiger partial charge in [-0.25, -0.2) is 4.98 Å². The van der Waals surface area contributed by atoms with Gasteiger partial charge in [-0.1, -0.05) is 17.7 Å². The van der Waals surface area contributed by atoms with Gasteiger partial charge in [0.1, 0.15) is 17.1 Å². The quantitative estimate of drug-likeness (QED) is 0.850. The topological polar surface area (TPSA) is 80.3 Å². The number of amides is 2. The van der Waals surface area contributed by atoms with Crippen molar-refractivity contribution in [3.63, 3.8) is 0 Å². The molecule has 2 N–H and O–H groups in total. The molecule has 0 spiro atoms. The molecule has 0 aliphatic carbocycles. The van der Waals surface area contributed by atoms with E-state index in [-0.39, 0.29) is 17.3 Å². The van der Waals surface area contributed by atoms with Gasteiger partial charge in [0.15, 0.2) is 0 Å². The van der Waals surface area contributed by atoms with Crippen LogP contribution in [0.2, 0.25) is 5.02 Å². The fourth-order valence-electron chi connectivity index (χ4n) is 2.21. The van der Waals surface area contributed by atoms with Crippen LogP contribution in [0.25, 0.3) is 0 Å². The summed E-state index contributed by atoms with van der Waals surface area (Å²) in [4.78, 5) is 28.9. The van der Waals surface area contributed by atoms with Crippen LogP contribution in [0, 0.1) is 6.92 Å². The third kappa shape index (κ3) is 4.95. The number of benzene rings is 1. The number of halogens is 1. The number of nitrogens with one attached hydrogen (secondary N) is 2. The van der Waals surface area contributed by atoms with Crippen LogP contribution in [0.5, 0.6) is 5.75 Å². The highest BCUT2D eigenvalue weighted by Crippen LogP contribution is 2.31. The molecule has 0 aliphatic heterocycles. The number of methoxy groups -OCH3 is 1. The van der Waals surface area contributed by atoms with E-state index in [1.54, 1.807) is 30.3 Å². The molecule has 0 radical (unpaired) electrons. The molecule has 2 rings (SSSR count). The molecule has 138 valence electrons. The van der Waals surface area contributed by atoms with Crippen molar-refractivity contribution in [2.75, 3.05) is 12.4 Å². The van der Waals surface area contributed by atoms with Crippen LogP contribution in [-0.4, -0.2) is 29.4 Å². The van der Waals surface area contributed by atoms with E-state index in [0.29, 0.717) is 16.5 Å². The van der Waals surface area contributed by atoms with Gasteiger partial charge in [-0.3, -0.25) is 9.59 Å². The Balaban J connectivity index is 2.25. The first-order chi connectivity index (χ1) is 12.1. The number of pyridine rings is 1. The lowest BCUT2D eigenvalue weighted by atomic mass is 10.1. The lowest BCUT2D eigenvalue weighted by molar-refractivity contribution is 0.0914. The number of rotatable bonds is 4. The Kier molecular flexibility index (Phi) is 5.87. The zero-order valence-electron chi connectivity index (χ0n) is 15.4. The van der Waals surface area contributed by atoms with Crippen LogP contribution in [0.3, 0.4) is 0 Å². The molecule has 6 nitrogen and oxygen atoms in total. The normalized spacial score (nSPS) is 11.0. The van der Waals surface area contributed by atoms with Crippen LogP contribution >= 0.6 is 11.6 Å². The zero-order chi connectivity index (χ0) is 19.5. The largest absolute Gasteiger partial charge is 0.495 e. The van der Waals surface area contributed by atoms with Crippen LogP contribution in [0.4, 0.5) is 5.69 Å². The highest BCUT2D eigenvalue weighted by atomic mass is 35.5. The maximum atomic E-state index is 12.5. The van der Waals surface area contributed by atoms with E-state index in [9.17, 15) is 9.59 Å². The molecule has 0 bridgehead atoms. The van der Waals surface area contributed by atoms with Gasteiger partial charge in [0.05, 0.1) is 12.8 Å². The first kappa shape index (κ1) is 19.7. The Morgan fingerprint density at radius 3 is 2.31 bits per heavy atom. The molecule has 0 saturated carbocycles. The van der Waals surface area contributed by atoms with Crippen molar-refractivity contribution < 1.29 is 14.3 Å². The van der Waals surface area contributed by atoms with E-state index < -0.39 is 11.4 Å². The number of anilines is 1. The molecule has 0 aliphatic rings. The lowest BCUT2D eigenvalue weighted by Gasteiger charge is -2.20. The molecule has 26 heavy (non-hydrogen) atoms. The average molecular weight is 376 g/mol. The number of carbonyl (C=O) groups excluding carboxylic acids is 2. The van der Waals surface area contributed by atoms with Crippen LogP contribution in [-0.2, 0) is 0 Å². The summed E-state index contributed by atoms with van der Waals surface area (Å²) in [6.45, 7) is 7.44. The molecule has 0 saturated heterocycles. The third-order valence-corrected chi connectivity index (χ3v) is 3.84. The highest BCUT2D eigenvalue weighted by Gasteiger charge is 2.18. The number of aromatic nitrogens is 1. The molecule has 1 aromatic carbocycles. The molecule has 1 aromatic heterocycles. The Labute approximate surface area is 157 Å². The molecule has 2 aromatic rings. The Bertz CT molecular complexity index is 844. The summed E-state index contributed by atoms with van der Waals surface area (Å²) in [5, 5.41) is 6.10. The second-order valence-corrected chi connectivity index (χ2v) is 7.28. The first-order valence-electron chi connectivity index (χ1n) is 8.06. The Morgan fingerprint density at radius 2 is 1.73 bits per heavy atom. The Hall–Kier alpha value is -2.60. The van der Waals surface area contributed by atoms with Crippen LogP contribution in [0.15, 0.2) is 30.3 Å². The van der Waals surface area contributed by atoms with Gasteiger partial charge in [0, 0.05) is 16.6 Å². The summed E-state index contributed by atoms with van der Waals surface area (Å²) in [7, 11) is 1.49. The second-order valence-electron chi connectivity index (χ2n) is 6.87. The SMILES string of the molecule is COc1cc(Cl)c(C)cc1NC(=O)c1cccc(C(=O)NC(C)(C)C)n1. The van der Waals surface area contributed by atoms with E-state index in [4.69, 9.17) is 16.3 Å². The van der Waals surface area contributed by atoms with Crippen molar-refractivity contribution in [1.29, 1.82) is 0 Å². The van der Waals surface area contributed by atoms with Gasteiger partial charge in [-0.05, 0) is 51.5 Å². The van der Waals surface area contributed by atoms with E-state index in [1.165, 1.54) is 7.11 Å². The average Bonchev–Trinajstić information content (AvgIpc) is 2.56. The summed E-state index contributed by atoms with van der Waals surface area (Å²) < 4.78 is 5.25. The second kappa shape index (κ2) is 7.74. The van der Waals surface area contributed by atoms with Crippen molar-refractivity contribution >= 4 is 29.1 Å². The smallest absolute Gasteiger partial charge is 0.274 e. The predicted molar refractivity (Wildman–Crippen MR) is 102 cm³/mol. The van der Waals surface area contributed by atoms with Crippen molar-refractivity contribution in [1.82, 2.24) is 10.3 Å². The minimum absolute atomic E-state index is 0.126. The lowest BCUT2D eigenvalue weighted by Crippen LogP contribution is -2.41. The number of nitrogens with zero attached hydrogens (tertiary/aromatic N) is 1. The van der Waals surface area contributed by atoms with Crippen molar-refractivity contribution in [2.45, 2.75) is 33.2 Å². The van der Waals surface area contributed by atoms with Gasteiger partial charge in [-0.2, -0.15) is 0 Å². The summed E-state index contributed by atoms with van der Waals surface area (Å²) >= 11 is 6.08. The van der Waals surface area contributed by atoms with Gasteiger partial charge in [-0.15, -0.1) is 0 Å². The fourth-order valence-corrected chi connectivity index (χ4v) is 2.36. The molecule has 7 heteroatoms. The van der Waals surface area contributed by atoms with Crippen LogP contribution < -0.4 is 15.4 Å². The van der Waals surface area contributed by atoms with E-state index in [0.717, 1.165) is 5.56 Å². The van der Waals surface area contributed by atoms with Gasteiger partial charge < -0.3 is 15.4 Å². The monoisotopic (exact) mass is 375 g/mol. The minimum Gasteiger partial charge on any atom is -0.495 e. The summed E-state index contributed by atoms with van der Waals surface area (Å²) in [5.41, 5.74) is 1.18. The third-order valence-electron chi connectivity index (χ3n) is 3.43. The molecule has 2 amide bonds. The summed E-state index contributed by atoms with van der Waals surface area (Å²) in [6, 6.07) is 8.06. The van der Waals surface area contributed by atoms with Gasteiger partial charge in [0.25, 0.3) is 11.8 Å². The first-order valence-corrected chi connectivity index (χ1v) is 8.43. The van der Waals surface area contributed by atoms with Crippen molar-refractivity contribution in [3.05, 3.63) is 52.3 Å². The van der Waals surface area contributed by atoms with Crippen molar-refractivity contribution in [3.8, 4) is 5.75 Å². The fraction of sp³-hybridized carbons (Fsp3) is 0.316. The molecular weight excluding hydrogens is 354 g/mol. The van der Waals surface area contributed by atoms with E-state index in [2.05, 4.69) is 15.6 Å². The molecular formula is C19H22ClN3O3. The van der Waals surface area contributed by atoms with Gasteiger partial charge in [0.2, 0.25) is 0 Å². The summed E-state index contributed by atoms with van der Waals surface area (Å²) in [6.07, 6.45) is 0.